The molecule has 0 amide bonds. The molecule has 4 aromatic heterocycles. The molecule has 5 rings (SSSR count). The van der Waals surface area contributed by atoms with E-state index in [1.54, 1.807) is 23.3 Å². The first-order valence-electron chi connectivity index (χ1n) is 10.2. The zero-order valence-corrected chi connectivity index (χ0v) is 18.5. The average Bonchev–Trinajstić information content (AvgIpc) is 3.37. The maximum atomic E-state index is 13.2. The Bertz CT molecular complexity index is 1400. The molecule has 5 heterocycles. The van der Waals surface area contributed by atoms with E-state index in [2.05, 4.69) is 15.1 Å². The first-order chi connectivity index (χ1) is 14.8. The Morgan fingerprint density at radius 1 is 1.10 bits per heavy atom. The molecule has 160 valence electrons. The van der Waals surface area contributed by atoms with Crippen molar-refractivity contribution in [3.8, 4) is 11.1 Å². The lowest BCUT2D eigenvalue weighted by atomic mass is 10.0. The summed E-state index contributed by atoms with van der Waals surface area (Å²) in [5.41, 5.74) is 4.39. The van der Waals surface area contributed by atoms with Crippen molar-refractivity contribution in [2.24, 2.45) is 7.05 Å². The Labute approximate surface area is 180 Å². The van der Waals surface area contributed by atoms with E-state index in [0.717, 1.165) is 27.8 Å². The molecule has 0 unspecified atom stereocenters. The van der Waals surface area contributed by atoms with Gasteiger partial charge in [-0.2, -0.15) is 9.40 Å². The molecule has 1 aliphatic heterocycles. The van der Waals surface area contributed by atoms with E-state index in [1.807, 2.05) is 43.8 Å². The SMILES string of the molecule is CCn1cc(S(=O)(=O)N2CCc3nc4ncc(-c5cnn(C)c5)cc4cc3C2)nc1C. The Kier molecular flexibility index (Phi) is 4.63. The lowest BCUT2D eigenvalue weighted by Gasteiger charge is -2.27. The summed E-state index contributed by atoms with van der Waals surface area (Å²) in [4.78, 5) is 13.5. The van der Waals surface area contributed by atoms with Crippen LogP contribution in [-0.2, 0) is 36.6 Å². The largest absolute Gasteiger partial charge is 0.334 e. The molecule has 10 heteroatoms. The van der Waals surface area contributed by atoms with Gasteiger partial charge >= 0.3 is 0 Å². The van der Waals surface area contributed by atoms with Crippen LogP contribution in [0.25, 0.3) is 22.2 Å². The van der Waals surface area contributed by atoms with Crippen LogP contribution < -0.4 is 0 Å². The third-order valence-electron chi connectivity index (χ3n) is 5.72. The molecule has 9 nitrogen and oxygen atoms in total. The second-order valence-corrected chi connectivity index (χ2v) is 9.65. The Balaban J connectivity index is 1.50. The quantitative estimate of drug-likeness (QED) is 0.486. The van der Waals surface area contributed by atoms with E-state index in [9.17, 15) is 8.42 Å². The predicted octanol–water partition coefficient (Wildman–Crippen LogP) is 2.30. The molecule has 0 saturated carbocycles. The van der Waals surface area contributed by atoms with Crippen LogP contribution in [0.15, 0.2) is 41.9 Å². The molecule has 0 aliphatic carbocycles. The number of pyridine rings is 2. The summed E-state index contributed by atoms with van der Waals surface area (Å²) in [6.45, 7) is 5.11. The lowest BCUT2D eigenvalue weighted by Crippen LogP contribution is -2.36. The summed E-state index contributed by atoms with van der Waals surface area (Å²) < 4.78 is 31.5. The van der Waals surface area contributed by atoms with E-state index < -0.39 is 10.0 Å². The van der Waals surface area contributed by atoms with Gasteiger partial charge in [-0.3, -0.25) is 4.68 Å². The highest BCUT2D eigenvalue weighted by molar-refractivity contribution is 7.89. The van der Waals surface area contributed by atoms with E-state index in [4.69, 9.17) is 4.98 Å². The Morgan fingerprint density at radius 2 is 1.94 bits per heavy atom. The maximum absolute atomic E-state index is 13.2. The van der Waals surface area contributed by atoms with E-state index in [-0.39, 0.29) is 11.6 Å². The molecule has 31 heavy (non-hydrogen) atoms. The highest BCUT2D eigenvalue weighted by Gasteiger charge is 2.31. The minimum atomic E-state index is -3.67. The third kappa shape index (κ3) is 3.41. The van der Waals surface area contributed by atoms with Gasteiger partial charge in [0.25, 0.3) is 10.0 Å². The molecular weight excluding hydrogens is 414 g/mol. The van der Waals surface area contributed by atoms with Crippen LogP contribution in [0.3, 0.4) is 0 Å². The molecule has 0 aromatic carbocycles. The number of imidazole rings is 1. The van der Waals surface area contributed by atoms with Gasteiger partial charge in [0.1, 0.15) is 5.82 Å². The molecule has 4 aromatic rings. The number of nitrogens with zero attached hydrogens (tertiary/aromatic N) is 7. The van der Waals surface area contributed by atoms with E-state index >= 15 is 0 Å². The fourth-order valence-corrected chi connectivity index (χ4v) is 5.40. The van der Waals surface area contributed by atoms with E-state index in [1.165, 1.54) is 4.31 Å². The van der Waals surface area contributed by atoms with Crippen molar-refractivity contribution in [1.29, 1.82) is 0 Å². The molecular formula is C21H23N7O2S. The molecule has 0 atom stereocenters. The lowest BCUT2D eigenvalue weighted by molar-refractivity contribution is 0.387. The molecule has 1 aliphatic rings. The molecule has 0 spiro atoms. The maximum Gasteiger partial charge on any atom is 0.262 e. The van der Waals surface area contributed by atoms with Gasteiger partial charge in [0.05, 0.1) is 6.20 Å². The summed E-state index contributed by atoms with van der Waals surface area (Å²) in [7, 11) is -1.80. The molecule has 0 bridgehead atoms. The first kappa shape index (κ1) is 19.8. The van der Waals surface area contributed by atoms with E-state index in [0.29, 0.717) is 31.0 Å². The van der Waals surface area contributed by atoms with Crippen LogP contribution in [0.5, 0.6) is 0 Å². The molecule has 0 radical (unpaired) electrons. The zero-order valence-electron chi connectivity index (χ0n) is 17.6. The van der Waals surface area contributed by atoms with Crippen molar-refractivity contribution in [2.45, 2.75) is 38.4 Å². The van der Waals surface area contributed by atoms with Crippen LogP contribution in [0.2, 0.25) is 0 Å². The number of fused-ring (bicyclic) bond motifs is 2. The monoisotopic (exact) mass is 437 g/mol. The summed E-state index contributed by atoms with van der Waals surface area (Å²) in [6, 6.07) is 4.02. The van der Waals surface area contributed by atoms with Crippen molar-refractivity contribution in [2.75, 3.05) is 6.54 Å². The number of hydrogen-bond donors (Lipinski definition) is 0. The number of sulfonamides is 1. The third-order valence-corrected chi connectivity index (χ3v) is 7.43. The fourth-order valence-electron chi connectivity index (χ4n) is 3.99. The van der Waals surface area contributed by atoms with Gasteiger partial charge in [-0.25, -0.2) is 23.4 Å². The number of aryl methyl sites for hydroxylation is 3. The molecule has 0 N–H and O–H groups in total. The average molecular weight is 438 g/mol. The standard InChI is InChI=1S/C21H23N7O2S/c1-4-27-13-20(24-14(27)2)31(29,30)28-6-5-19-17(12-28)8-15-7-16(9-22-21(15)25-19)18-10-23-26(3)11-18/h7-11,13H,4-6,12H2,1-3H3. The Morgan fingerprint density at radius 3 is 2.65 bits per heavy atom. The van der Waals surface area contributed by atoms with Gasteiger partial charge in [-0.05, 0) is 31.5 Å². The van der Waals surface area contributed by atoms with Gasteiger partial charge in [-0.15, -0.1) is 0 Å². The van der Waals surface area contributed by atoms with Crippen molar-refractivity contribution < 1.29 is 8.42 Å². The summed E-state index contributed by atoms with van der Waals surface area (Å²) in [5, 5.41) is 5.20. The van der Waals surface area contributed by atoms with Crippen LogP contribution in [0, 0.1) is 6.92 Å². The second kappa shape index (κ2) is 7.24. The summed E-state index contributed by atoms with van der Waals surface area (Å²) in [6.07, 6.45) is 7.68. The van der Waals surface area contributed by atoms with Crippen LogP contribution in [0.1, 0.15) is 24.0 Å². The topological polar surface area (TPSA) is 98.8 Å². The van der Waals surface area contributed by atoms with Gasteiger partial charge in [-0.1, -0.05) is 0 Å². The van der Waals surface area contributed by atoms with Gasteiger partial charge in [0.2, 0.25) is 0 Å². The predicted molar refractivity (Wildman–Crippen MR) is 116 cm³/mol. The van der Waals surface area contributed by atoms with Crippen LogP contribution in [-0.4, -0.2) is 48.6 Å². The van der Waals surface area contributed by atoms with Gasteiger partial charge < -0.3 is 4.57 Å². The van der Waals surface area contributed by atoms with Gasteiger partial charge in [0, 0.05) is 73.9 Å². The number of hydrogen-bond acceptors (Lipinski definition) is 6. The number of rotatable bonds is 4. The fraction of sp³-hybridized carbons (Fsp3) is 0.333. The van der Waals surface area contributed by atoms with Crippen molar-refractivity contribution in [3.63, 3.8) is 0 Å². The minimum absolute atomic E-state index is 0.101. The molecule has 0 fully saturated rings. The Hall–Kier alpha value is -3.11. The summed E-state index contributed by atoms with van der Waals surface area (Å²) >= 11 is 0. The smallest absolute Gasteiger partial charge is 0.262 e. The second-order valence-electron chi connectivity index (χ2n) is 7.77. The molecule has 0 saturated heterocycles. The van der Waals surface area contributed by atoms with Crippen molar-refractivity contribution >= 4 is 21.1 Å². The van der Waals surface area contributed by atoms with Crippen molar-refractivity contribution in [3.05, 3.63) is 54.0 Å². The van der Waals surface area contributed by atoms with Crippen LogP contribution in [0.4, 0.5) is 0 Å². The normalized spacial score (nSPS) is 14.8. The number of aromatic nitrogens is 6. The van der Waals surface area contributed by atoms with Gasteiger partial charge in [0.15, 0.2) is 10.7 Å². The minimum Gasteiger partial charge on any atom is -0.334 e. The first-order valence-corrected chi connectivity index (χ1v) is 11.6. The highest BCUT2D eigenvalue weighted by Crippen LogP contribution is 2.28. The summed E-state index contributed by atoms with van der Waals surface area (Å²) in [5.74, 6) is 0.695. The van der Waals surface area contributed by atoms with Crippen LogP contribution >= 0.6 is 0 Å². The van der Waals surface area contributed by atoms with Crippen molar-refractivity contribution in [1.82, 2.24) is 33.6 Å². The highest BCUT2D eigenvalue weighted by atomic mass is 32.2. The zero-order chi connectivity index (χ0) is 21.8.